The lowest BCUT2D eigenvalue weighted by Gasteiger charge is -2.28. The van der Waals surface area contributed by atoms with Crippen LogP contribution in [0.25, 0.3) is 11.4 Å². The molecular formula is C20H19ClN4. The first kappa shape index (κ1) is 16.2. The maximum absolute atomic E-state index is 6.38. The van der Waals surface area contributed by atoms with Gasteiger partial charge < -0.3 is 0 Å². The number of aromatic nitrogens is 3. The van der Waals surface area contributed by atoms with Crippen molar-refractivity contribution in [2.24, 2.45) is 0 Å². The van der Waals surface area contributed by atoms with Gasteiger partial charge in [-0.15, -0.1) is 0 Å². The molecule has 0 N–H and O–H groups in total. The number of aryl methyl sites for hydroxylation is 1. The van der Waals surface area contributed by atoms with Crippen molar-refractivity contribution in [2.45, 2.75) is 26.4 Å². The van der Waals surface area contributed by atoms with Gasteiger partial charge in [-0.3, -0.25) is 9.88 Å². The molecule has 0 bridgehead atoms. The Balaban J connectivity index is 1.54. The Hall–Kier alpha value is -2.30. The van der Waals surface area contributed by atoms with Crippen LogP contribution in [0.15, 0.2) is 48.9 Å². The Morgan fingerprint density at radius 1 is 1.16 bits per heavy atom. The largest absolute Gasteiger partial charge is 0.294 e. The predicted octanol–water partition coefficient (Wildman–Crippen LogP) is 4.06. The quantitative estimate of drug-likeness (QED) is 0.714. The summed E-state index contributed by atoms with van der Waals surface area (Å²) in [6.07, 6.45) is 6.44. The fourth-order valence-electron chi connectivity index (χ4n) is 3.23. The van der Waals surface area contributed by atoms with Crippen LogP contribution in [0.4, 0.5) is 0 Å². The van der Waals surface area contributed by atoms with Gasteiger partial charge in [-0.1, -0.05) is 23.7 Å². The van der Waals surface area contributed by atoms with Gasteiger partial charge in [-0.25, -0.2) is 9.97 Å². The molecule has 0 aliphatic carbocycles. The molecule has 0 fully saturated rings. The highest BCUT2D eigenvalue weighted by molar-refractivity contribution is 6.31. The van der Waals surface area contributed by atoms with Crippen molar-refractivity contribution in [3.05, 3.63) is 76.3 Å². The van der Waals surface area contributed by atoms with Gasteiger partial charge in [-0.05, 0) is 36.2 Å². The second kappa shape index (κ2) is 6.90. The normalized spacial score (nSPS) is 14.3. The molecule has 25 heavy (non-hydrogen) atoms. The van der Waals surface area contributed by atoms with Gasteiger partial charge in [-0.2, -0.15) is 0 Å². The summed E-state index contributed by atoms with van der Waals surface area (Å²) >= 11 is 6.38. The van der Waals surface area contributed by atoms with Crippen LogP contribution < -0.4 is 0 Å². The van der Waals surface area contributed by atoms with E-state index in [-0.39, 0.29) is 0 Å². The summed E-state index contributed by atoms with van der Waals surface area (Å²) in [6.45, 7) is 4.80. The first-order valence-corrected chi connectivity index (χ1v) is 8.80. The molecule has 0 saturated carbocycles. The minimum Gasteiger partial charge on any atom is -0.294 e. The highest BCUT2D eigenvalue weighted by Gasteiger charge is 2.20. The van der Waals surface area contributed by atoms with Crippen molar-refractivity contribution in [2.75, 3.05) is 6.54 Å². The van der Waals surface area contributed by atoms with Crippen LogP contribution >= 0.6 is 11.6 Å². The SMILES string of the molecule is Cc1cccc(Cl)c1CN1CCc2nc(-c3cccnc3)ncc2C1. The number of hydrogen-bond acceptors (Lipinski definition) is 4. The lowest BCUT2D eigenvalue weighted by molar-refractivity contribution is 0.242. The lowest BCUT2D eigenvalue weighted by atomic mass is 10.0. The van der Waals surface area contributed by atoms with Crippen LogP contribution in [0.5, 0.6) is 0 Å². The number of pyridine rings is 1. The van der Waals surface area contributed by atoms with Crippen molar-refractivity contribution in [1.29, 1.82) is 0 Å². The minimum atomic E-state index is 0.752. The summed E-state index contributed by atoms with van der Waals surface area (Å²) in [5.74, 6) is 0.752. The molecule has 0 amide bonds. The molecule has 1 aliphatic heterocycles. The number of hydrogen-bond donors (Lipinski definition) is 0. The molecule has 1 aromatic carbocycles. The number of halogens is 1. The predicted molar refractivity (Wildman–Crippen MR) is 99.3 cm³/mol. The summed E-state index contributed by atoms with van der Waals surface area (Å²) in [4.78, 5) is 15.8. The average Bonchev–Trinajstić information content (AvgIpc) is 2.65. The van der Waals surface area contributed by atoms with E-state index >= 15 is 0 Å². The smallest absolute Gasteiger partial charge is 0.160 e. The molecule has 4 nitrogen and oxygen atoms in total. The van der Waals surface area contributed by atoms with Gasteiger partial charge in [0.05, 0.1) is 5.69 Å². The summed E-state index contributed by atoms with van der Waals surface area (Å²) in [5.41, 5.74) is 5.74. The second-order valence-corrected chi connectivity index (χ2v) is 6.81. The van der Waals surface area contributed by atoms with Gasteiger partial charge in [0.2, 0.25) is 0 Å². The Labute approximate surface area is 152 Å². The first-order valence-electron chi connectivity index (χ1n) is 8.42. The highest BCUT2D eigenvalue weighted by atomic mass is 35.5. The fraction of sp³-hybridized carbons (Fsp3) is 0.250. The Kier molecular flexibility index (Phi) is 4.47. The Morgan fingerprint density at radius 2 is 2.08 bits per heavy atom. The van der Waals surface area contributed by atoms with Crippen molar-refractivity contribution >= 4 is 11.6 Å². The molecule has 3 aromatic rings. The third-order valence-corrected chi connectivity index (χ3v) is 5.02. The summed E-state index contributed by atoms with van der Waals surface area (Å²) in [6, 6.07) is 9.98. The molecule has 5 heteroatoms. The number of fused-ring (bicyclic) bond motifs is 1. The number of benzene rings is 1. The monoisotopic (exact) mass is 350 g/mol. The zero-order valence-corrected chi connectivity index (χ0v) is 14.9. The molecule has 3 heterocycles. The fourth-order valence-corrected chi connectivity index (χ4v) is 3.52. The minimum absolute atomic E-state index is 0.752. The summed E-state index contributed by atoms with van der Waals surface area (Å²) in [7, 11) is 0. The molecule has 0 saturated heterocycles. The van der Waals surface area contributed by atoms with Crippen LogP contribution in [0, 0.1) is 6.92 Å². The molecule has 4 rings (SSSR count). The van der Waals surface area contributed by atoms with Crippen LogP contribution in [-0.4, -0.2) is 26.4 Å². The van der Waals surface area contributed by atoms with E-state index in [1.54, 1.807) is 12.4 Å². The maximum atomic E-state index is 6.38. The van der Waals surface area contributed by atoms with E-state index in [1.807, 2.05) is 30.5 Å². The van der Waals surface area contributed by atoms with E-state index in [4.69, 9.17) is 16.6 Å². The molecule has 0 atom stereocenters. The van der Waals surface area contributed by atoms with Crippen LogP contribution in [-0.2, 0) is 19.5 Å². The van der Waals surface area contributed by atoms with E-state index < -0.39 is 0 Å². The van der Waals surface area contributed by atoms with E-state index in [9.17, 15) is 0 Å². The zero-order valence-electron chi connectivity index (χ0n) is 14.1. The molecule has 126 valence electrons. The zero-order chi connectivity index (χ0) is 17.2. The Morgan fingerprint density at radius 3 is 2.88 bits per heavy atom. The van der Waals surface area contributed by atoms with E-state index in [1.165, 1.54) is 16.7 Å². The van der Waals surface area contributed by atoms with E-state index in [2.05, 4.69) is 27.9 Å². The van der Waals surface area contributed by atoms with Gasteiger partial charge >= 0.3 is 0 Å². The van der Waals surface area contributed by atoms with Crippen molar-refractivity contribution in [3.8, 4) is 11.4 Å². The maximum Gasteiger partial charge on any atom is 0.160 e. The lowest BCUT2D eigenvalue weighted by Crippen LogP contribution is -2.31. The first-order chi connectivity index (χ1) is 12.2. The molecular weight excluding hydrogens is 332 g/mol. The van der Waals surface area contributed by atoms with Gasteiger partial charge in [0, 0.05) is 60.8 Å². The average molecular weight is 351 g/mol. The van der Waals surface area contributed by atoms with Gasteiger partial charge in [0.15, 0.2) is 5.82 Å². The molecule has 0 radical (unpaired) electrons. The van der Waals surface area contributed by atoms with Crippen molar-refractivity contribution in [1.82, 2.24) is 19.9 Å². The molecule has 0 spiro atoms. The third kappa shape index (κ3) is 3.41. The van der Waals surface area contributed by atoms with Crippen molar-refractivity contribution < 1.29 is 0 Å². The molecule has 1 aliphatic rings. The third-order valence-electron chi connectivity index (χ3n) is 4.67. The highest BCUT2D eigenvalue weighted by Crippen LogP contribution is 2.25. The van der Waals surface area contributed by atoms with Gasteiger partial charge in [0.25, 0.3) is 0 Å². The standard InChI is InChI=1S/C20H19ClN4/c1-14-4-2-6-18(21)17(14)13-25-9-7-19-16(12-25)11-23-20(24-19)15-5-3-8-22-10-15/h2-6,8,10-11H,7,9,12-13H2,1H3. The number of rotatable bonds is 3. The van der Waals surface area contributed by atoms with Crippen molar-refractivity contribution in [3.63, 3.8) is 0 Å². The van der Waals surface area contributed by atoms with Crippen LogP contribution in [0.2, 0.25) is 5.02 Å². The molecule has 2 aromatic heterocycles. The van der Waals surface area contributed by atoms with E-state index in [0.717, 1.165) is 48.2 Å². The summed E-state index contributed by atoms with van der Waals surface area (Å²) < 4.78 is 0. The van der Waals surface area contributed by atoms with Gasteiger partial charge in [0.1, 0.15) is 0 Å². The topological polar surface area (TPSA) is 41.9 Å². The second-order valence-electron chi connectivity index (χ2n) is 6.40. The molecule has 0 unspecified atom stereocenters. The Bertz CT molecular complexity index is 875. The summed E-state index contributed by atoms with van der Waals surface area (Å²) in [5, 5.41) is 0.842. The number of nitrogens with zero attached hydrogens (tertiary/aromatic N) is 4. The van der Waals surface area contributed by atoms with E-state index in [0.29, 0.717) is 0 Å². The van der Waals surface area contributed by atoms with Crippen LogP contribution in [0.3, 0.4) is 0 Å². The van der Waals surface area contributed by atoms with Crippen LogP contribution in [0.1, 0.15) is 22.4 Å².